The fraction of sp³-hybridized carbons (Fsp3) is 0.462. The summed E-state index contributed by atoms with van der Waals surface area (Å²) in [7, 11) is 0. The number of hydrogen-bond donors (Lipinski definition) is 1. The molecule has 92 valence electrons. The van der Waals surface area contributed by atoms with Crippen molar-refractivity contribution in [3.63, 3.8) is 0 Å². The Morgan fingerprint density at radius 2 is 2.18 bits per heavy atom. The Hall–Kier alpha value is -1.58. The molecule has 1 aromatic rings. The molecule has 0 spiro atoms. The summed E-state index contributed by atoms with van der Waals surface area (Å²) in [5, 5.41) is 9.26. The molecule has 0 aliphatic carbocycles. The lowest BCUT2D eigenvalue weighted by molar-refractivity contribution is -0.139. The lowest BCUT2D eigenvalue weighted by Gasteiger charge is -2.29. The summed E-state index contributed by atoms with van der Waals surface area (Å²) in [6, 6.07) is 4.01. The van der Waals surface area contributed by atoms with E-state index in [4.69, 9.17) is 0 Å². The standard InChI is InChI=1S/C13H16FNO2/c1-8(2)12(13(16)17)15-6-5-9-3-4-10(14)7-11(9)15/h3-4,7-8,12H,5-6H2,1-2H3,(H,16,17). The molecule has 3 nitrogen and oxygen atoms in total. The van der Waals surface area contributed by atoms with E-state index < -0.39 is 12.0 Å². The lowest BCUT2D eigenvalue weighted by atomic mass is 10.0. The number of rotatable bonds is 3. The summed E-state index contributed by atoms with van der Waals surface area (Å²) in [5.74, 6) is -1.18. The lowest BCUT2D eigenvalue weighted by Crippen LogP contribution is -2.44. The first-order valence-corrected chi connectivity index (χ1v) is 5.78. The maximum Gasteiger partial charge on any atom is 0.326 e. The normalized spacial score (nSPS) is 16.1. The zero-order valence-electron chi connectivity index (χ0n) is 9.98. The third-order valence-corrected chi connectivity index (χ3v) is 3.20. The van der Waals surface area contributed by atoms with Crippen molar-refractivity contribution in [3.8, 4) is 0 Å². The van der Waals surface area contributed by atoms with Crippen LogP contribution in [0.1, 0.15) is 19.4 Å². The molecule has 0 bridgehead atoms. The number of benzene rings is 1. The molecule has 1 heterocycles. The van der Waals surface area contributed by atoms with Crippen molar-refractivity contribution in [2.45, 2.75) is 26.3 Å². The van der Waals surface area contributed by atoms with E-state index in [1.165, 1.54) is 12.1 Å². The largest absolute Gasteiger partial charge is 0.480 e. The Labute approximate surface area is 99.9 Å². The van der Waals surface area contributed by atoms with Gasteiger partial charge in [0, 0.05) is 12.2 Å². The van der Waals surface area contributed by atoms with Crippen LogP contribution < -0.4 is 4.90 Å². The summed E-state index contributed by atoms with van der Waals surface area (Å²) in [6.45, 7) is 4.39. The van der Waals surface area contributed by atoms with Crippen LogP contribution >= 0.6 is 0 Å². The monoisotopic (exact) mass is 237 g/mol. The van der Waals surface area contributed by atoms with Gasteiger partial charge in [-0.1, -0.05) is 19.9 Å². The van der Waals surface area contributed by atoms with Crippen LogP contribution in [0, 0.1) is 11.7 Å². The third kappa shape index (κ3) is 2.12. The molecule has 1 aliphatic rings. The van der Waals surface area contributed by atoms with Gasteiger partial charge in [-0.25, -0.2) is 9.18 Å². The van der Waals surface area contributed by atoms with Crippen molar-refractivity contribution >= 4 is 11.7 Å². The first kappa shape index (κ1) is 11.9. The molecular formula is C13H16FNO2. The average molecular weight is 237 g/mol. The zero-order chi connectivity index (χ0) is 12.6. The Bertz CT molecular complexity index is 445. The molecule has 0 saturated heterocycles. The number of carboxylic acid groups (broad SMARTS) is 1. The molecule has 0 amide bonds. The van der Waals surface area contributed by atoms with Crippen LogP contribution in [0.25, 0.3) is 0 Å². The molecule has 4 heteroatoms. The van der Waals surface area contributed by atoms with E-state index in [1.807, 2.05) is 13.8 Å². The number of hydrogen-bond acceptors (Lipinski definition) is 2. The van der Waals surface area contributed by atoms with Crippen molar-refractivity contribution < 1.29 is 14.3 Å². The summed E-state index contributed by atoms with van der Waals surface area (Å²) in [6.07, 6.45) is 0.784. The fourth-order valence-corrected chi connectivity index (χ4v) is 2.44. The molecule has 0 aromatic heterocycles. The minimum atomic E-state index is -0.850. The number of carbonyl (C=O) groups is 1. The van der Waals surface area contributed by atoms with Gasteiger partial charge in [-0.15, -0.1) is 0 Å². The van der Waals surface area contributed by atoms with E-state index in [0.29, 0.717) is 6.54 Å². The van der Waals surface area contributed by atoms with Gasteiger partial charge in [0.1, 0.15) is 11.9 Å². The molecule has 1 aliphatic heterocycles. The second-order valence-corrected chi connectivity index (χ2v) is 4.74. The maximum atomic E-state index is 13.2. The Morgan fingerprint density at radius 3 is 2.76 bits per heavy atom. The molecule has 1 aromatic carbocycles. The first-order valence-electron chi connectivity index (χ1n) is 5.78. The minimum absolute atomic E-state index is 0.0123. The van der Waals surface area contributed by atoms with Crippen LogP contribution in [-0.4, -0.2) is 23.7 Å². The van der Waals surface area contributed by atoms with E-state index in [2.05, 4.69) is 0 Å². The van der Waals surface area contributed by atoms with Gasteiger partial charge < -0.3 is 10.0 Å². The SMILES string of the molecule is CC(C)C(C(=O)O)N1CCc2ccc(F)cc21. The van der Waals surface area contributed by atoms with Crippen LogP contribution in [0.15, 0.2) is 18.2 Å². The Kier molecular flexibility index (Phi) is 3.05. The number of fused-ring (bicyclic) bond motifs is 1. The molecule has 0 fully saturated rings. The van der Waals surface area contributed by atoms with Crippen molar-refractivity contribution in [1.29, 1.82) is 0 Å². The number of anilines is 1. The van der Waals surface area contributed by atoms with Gasteiger partial charge in [0.15, 0.2) is 0 Å². The molecule has 0 radical (unpaired) electrons. The molecule has 1 unspecified atom stereocenters. The van der Waals surface area contributed by atoms with E-state index in [9.17, 15) is 14.3 Å². The summed E-state index contributed by atoms with van der Waals surface area (Å²) >= 11 is 0. The highest BCUT2D eigenvalue weighted by atomic mass is 19.1. The number of carboxylic acids is 1. The molecule has 1 N–H and O–H groups in total. The second-order valence-electron chi connectivity index (χ2n) is 4.74. The first-order chi connectivity index (χ1) is 8.00. The van der Waals surface area contributed by atoms with Crippen LogP contribution in [0.2, 0.25) is 0 Å². The number of halogens is 1. The van der Waals surface area contributed by atoms with Crippen LogP contribution in [-0.2, 0) is 11.2 Å². The predicted molar refractivity (Wildman–Crippen MR) is 63.7 cm³/mol. The van der Waals surface area contributed by atoms with Gasteiger partial charge in [0.25, 0.3) is 0 Å². The Balaban J connectivity index is 2.37. The highest BCUT2D eigenvalue weighted by Crippen LogP contribution is 2.32. The van der Waals surface area contributed by atoms with Gasteiger partial charge in [0.2, 0.25) is 0 Å². The molecule has 2 rings (SSSR count). The van der Waals surface area contributed by atoms with E-state index in [0.717, 1.165) is 17.7 Å². The van der Waals surface area contributed by atoms with E-state index in [-0.39, 0.29) is 11.7 Å². The Morgan fingerprint density at radius 1 is 1.47 bits per heavy atom. The average Bonchev–Trinajstić information content (AvgIpc) is 2.60. The summed E-state index contributed by atoms with van der Waals surface area (Å²) in [5.41, 5.74) is 1.75. The molecule has 0 saturated carbocycles. The van der Waals surface area contributed by atoms with Gasteiger partial charge in [-0.2, -0.15) is 0 Å². The van der Waals surface area contributed by atoms with Gasteiger partial charge in [-0.3, -0.25) is 0 Å². The maximum absolute atomic E-state index is 13.2. The van der Waals surface area contributed by atoms with Crippen LogP contribution in [0.4, 0.5) is 10.1 Å². The highest BCUT2D eigenvalue weighted by Gasteiger charge is 2.33. The zero-order valence-corrected chi connectivity index (χ0v) is 9.98. The van der Waals surface area contributed by atoms with Crippen molar-refractivity contribution in [2.75, 3.05) is 11.4 Å². The van der Waals surface area contributed by atoms with Crippen molar-refractivity contribution in [3.05, 3.63) is 29.6 Å². The number of aliphatic carboxylic acids is 1. The molecule has 1 atom stereocenters. The summed E-state index contributed by atoms with van der Waals surface area (Å²) in [4.78, 5) is 13.1. The highest BCUT2D eigenvalue weighted by molar-refractivity contribution is 5.80. The van der Waals surface area contributed by atoms with Crippen LogP contribution in [0.5, 0.6) is 0 Å². The second kappa shape index (κ2) is 4.35. The van der Waals surface area contributed by atoms with Gasteiger partial charge in [0.05, 0.1) is 0 Å². The smallest absolute Gasteiger partial charge is 0.326 e. The quantitative estimate of drug-likeness (QED) is 0.876. The molecular weight excluding hydrogens is 221 g/mol. The third-order valence-electron chi connectivity index (χ3n) is 3.20. The molecule has 17 heavy (non-hydrogen) atoms. The summed E-state index contributed by atoms with van der Waals surface area (Å²) < 4.78 is 13.2. The van der Waals surface area contributed by atoms with E-state index >= 15 is 0 Å². The van der Waals surface area contributed by atoms with Crippen LogP contribution in [0.3, 0.4) is 0 Å². The van der Waals surface area contributed by atoms with E-state index in [1.54, 1.807) is 11.0 Å². The minimum Gasteiger partial charge on any atom is -0.480 e. The topological polar surface area (TPSA) is 40.5 Å². The van der Waals surface area contributed by atoms with Crippen molar-refractivity contribution in [1.82, 2.24) is 0 Å². The van der Waals surface area contributed by atoms with Gasteiger partial charge in [-0.05, 0) is 30.0 Å². The number of nitrogens with zero attached hydrogens (tertiary/aromatic N) is 1. The predicted octanol–water partition coefficient (Wildman–Crippen LogP) is 2.30. The van der Waals surface area contributed by atoms with Crippen molar-refractivity contribution in [2.24, 2.45) is 5.92 Å². The fourth-order valence-electron chi connectivity index (χ4n) is 2.44. The van der Waals surface area contributed by atoms with Gasteiger partial charge >= 0.3 is 5.97 Å².